The van der Waals surface area contributed by atoms with Crippen LogP contribution >= 0.6 is 0 Å². The molecule has 0 aliphatic rings. The number of aldehydes is 1. The molecule has 0 unspecified atom stereocenters. The summed E-state index contributed by atoms with van der Waals surface area (Å²) in [4.78, 5) is 12.8. The van der Waals surface area contributed by atoms with Crippen molar-refractivity contribution >= 4 is 6.29 Å². The van der Waals surface area contributed by atoms with Gasteiger partial charge in [0.25, 0.3) is 0 Å². The van der Waals surface area contributed by atoms with Crippen LogP contribution in [0.5, 0.6) is 0 Å². The van der Waals surface area contributed by atoms with E-state index in [2.05, 4.69) is 18.9 Å². The number of hydrogen-bond donors (Lipinski definition) is 0. The Hall–Kier alpha value is -1.15. The molecule has 0 heterocycles. The molecule has 2 heteroatoms. The van der Waals surface area contributed by atoms with Crippen LogP contribution < -0.4 is 0 Å². The van der Waals surface area contributed by atoms with E-state index in [4.69, 9.17) is 0 Å². The van der Waals surface area contributed by atoms with Gasteiger partial charge in [0, 0.05) is 5.56 Å². The van der Waals surface area contributed by atoms with Gasteiger partial charge in [0.1, 0.15) is 6.29 Å². The van der Waals surface area contributed by atoms with E-state index in [1.165, 1.54) is 12.0 Å². The van der Waals surface area contributed by atoms with E-state index in [1.54, 1.807) is 0 Å². The van der Waals surface area contributed by atoms with Crippen molar-refractivity contribution in [1.29, 1.82) is 0 Å². The Morgan fingerprint density at radius 2 is 1.93 bits per heavy atom. The Morgan fingerprint density at radius 1 is 1.27 bits per heavy atom. The average Bonchev–Trinajstić information content (AvgIpc) is 2.29. The van der Waals surface area contributed by atoms with Gasteiger partial charge >= 0.3 is 0 Å². The summed E-state index contributed by atoms with van der Waals surface area (Å²) in [5.41, 5.74) is 2.06. The van der Waals surface area contributed by atoms with Crippen molar-refractivity contribution in [2.24, 2.45) is 0 Å². The minimum absolute atomic E-state index is 0.754. The fraction of sp³-hybridized carbons (Fsp3) is 0.462. The number of aryl methyl sites for hydroxylation is 1. The second-order valence-electron chi connectivity index (χ2n) is 3.86. The summed E-state index contributed by atoms with van der Waals surface area (Å²) in [6.07, 6.45) is 3.14. The third kappa shape index (κ3) is 4.26. The molecule has 1 aromatic rings. The lowest BCUT2D eigenvalue weighted by Gasteiger charge is -2.13. The summed E-state index contributed by atoms with van der Waals surface area (Å²) in [5, 5.41) is 0. The van der Waals surface area contributed by atoms with Crippen LogP contribution in [-0.4, -0.2) is 31.3 Å². The first kappa shape index (κ1) is 11.9. The van der Waals surface area contributed by atoms with Gasteiger partial charge in [-0.3, -0.25) is 4.79 Å². The van der Waals surface area contributed by atoms with Gasteiger partial charge in [0.15, 0.2) is 0 Å². The fourth-order valence-corrected chi connectivity index (χ4v) is 1.47. The number of rotatable bonds is 6. The van der Waals surface area contributed by atoms with Crippen molar-refractivity contribution in [3.63, 3.8) is 0 Å². The zero-order valence-corrected chi connectivity index (χ0v) is 9.57. The SMILES string of the molecule is CCN(C)CCCc1ccc(C=O)cc1. The Labute approximate surface area is 91.9 Å². The number of hydrogen-bond acceptors (Lipinski definition) is 2. The highest BCUT2D eigenvalue weighted by Gasteiger charge is 1.96. The van der Waals surface area contributed by atoms with E-state index in [-0.39, 0.29) is 0 Å². The predicted molar refractivity (Wildman–Crippen MR) is 63.3 cm³/mol. The molecule has 1 aromatic carbocycles. The van der Waals surface area contributed by atoms with Crippen LogP contribution in [0.15, 0.2) is 24.3 Å². The van der Waals surface area contributed by atoms with E-state index >= 15 is 0 Å². The lowest BCUT2D eigenvalue weighted by Crippen LogP contribution is -2.19. The summed E-state index contributed by atoms with van der Waals surface area (Å²) >= 11 is 0. The maximum Gasteiger partial charge on any atom is 0.150 e. The monoisotopic (exact) mass is 205 g/mol. The van der Waals surface area contributed by atoms with E-state index in [0.29, 0.717) is 0 Å². The van der Waals surface area contributed by atoms with Crippen LogP contribution in [0.3, 0.4) is 0 Å². The van der Waals surface area contributed by atoms with E-state index in [0.717, 1.165) is 31.4 Å². The molecule has 0 aliphatic carbocycles. The van der Waals surface area contributed by atoms with Crippen molar-refractivity contribution < 1.29 is 4.79 Å². The molecule has 0 saturated carbocycles. The summed E-state index contributed by atoms with van der Waals surface area (Å²) in [6.45, 7) is 4.40. The highest BCUT2D eigenvalue weighted by Crippen LogP contribution is 2.05. The van der Waals surface area contributed by atoms with Gasteiger partial charge in [-0.1, -0.05) is 31.2 Å². The van der Waals surface area contributed by atoms with Gasteiger partial charge in [0.2, 0.25) is 0 Å². The molecule has 0 bridgehead atoms. The summed E-state index contributed by atoms with van der Waals surface area (Å²) in [5.74, 6) is 0. The molecule has 0 spiro atoms. The molecule has 0 aromatic heterocycles. The van der Waals surface area contributed by atoms with Crippen molar-refractivity contribution in [3.05, 3.63) is 35.4 Å². The van der Waals surface area contributed by atoms with Crippen LogP contribution in [0.4, 0.5) is 0 Å². The molecule has 0 atom stereocenters. The minimum Gasteiger partial charge on any atom is -0.307 e. The molecular weight excluding hydrogens is 186 g/mol. The summed E-state index contributed by atoms with van der Waals surface area (Å²) in [6, 6.07) is 7.84. The topological polar surface area (TPSA) is 20.3 Å². The van der Waals surface area contributed by atoms with Crippen LogP contribution in [0.25, 0.3) is 0 Å². The molecule has 0 fully saturated rings. The fourth-order valence-electron chi connectivity index (χ4n) is 1.47. The predicted octanol–water partition coefficient (Wildman–Crippen LogP) is 2.38. The third-order valence-corrected chi connectivity index (χ3v) is 2.66. The quantitative estimate of drug-likeness (QED) is 0.665. The zero-order chi connectivity index (χ0) is 11.1. The average molecular weight is 205 g/mol. The highest BCUT2D eigenvalue weighted by atomic mass is 16.1. The Morgan fingerprint density at radius 3 is 2.47 bits per heavy atom. The van der Waals surface area contributed by atoms with Crippen molar-refractivity contribution in [2.75, 3.05) is 20.1 Å². The first-order valence-electron chi connectivity index (χ1n) is 5.49. The second-order valence-corrected chi connectivity index (χ2v) is 3.86. The maximum absolute atomic E-state index is 10.5. The minimum atomic E-state index is 0.754. The Kier molecular flexibility index (Phi) is 5.05. The first-order chi connectivity index (χ1) is 7.26. The molecule has 2 nitrogen and oxygen atoms in total. The van der Waals surface area contributed by atoms with Crippen molar-refractivity contribution in [1.82, 2.24) is 4.90 Å². The van der Waals surface area contributed by atoms with E-state index < -0.39 is 0 Å². The highest BCUT2D eigenvalue weighted by molar-refractivity contribution is 5.74. The standard InChI is InChI=1S/C13H19NO/c1-3-14(2)10-4-5-12-6-8-13(11-15)9-7-12/h6-9,11H,3-5,10H2,1-2H3. The number of nitrogens with zero attached hydrogens (tertiary/aromatic N) is 1. The number of carbonyl (C=O) groups excluding carboxylic acids is 1. The normalized spacial score (nSPS) is 10.6. The zero-order valence-electron chi connectivity index (χ0n) is 9.57. The maximum atomic E-state index is 10.5. The molecule has 0 N–H and O–H groups in total. The summed E-state index contributed by atoms with van der Waals surface area (Å²) in [7, 11) is 2.13. The third-order valence-electron chi connectivity index (χ3n) is 2.66. The Balaban J connectivity index is 2.34. The van der Waals surface area contributed by atoms with Crippen molar-refractivity contribution in [3.8, 4) is 0 Å². The van der Waals surface area contributed by atoms with Crippen molar-refractivity contribution in [2.45, 2.75) is 19.8 Å². The lowest BCUT2D eigenvalue weighted by atomic mass is 10.1. The van der Waals surface area contributed by atoms with Gasteiger partial charge < -0.3 is 4.90 Å². The Bertz CT molecular complexity index is 292. The van der Waals surface area contributed by atoms with Gasteiger partial charge in [-0.15, -0.1) is 0 Å². The van der Waals surface area contributed by atoms with Crippen LogP contribution in [0, 0.1) is 0 Å². The van der Waals surface area contributed by atoms with E-state index in [1.807, 2.05) is 24.3 Å². The van der Waals surface area contributed by atoms with Gasteiger partial charge in [-0.25, -0.2) is 0 Å². The van der Waals surface area contributed by atoms with Gasteiger partial charge in [-0.05, 0) is 38.5 Å². The van der Waals surface area contributed by atoms with Crippen LogP contribution in [-0.2, 0) is 6.42 Å². The van der Waals surface area contributed by atoms with Gasteiger partial charge in [-0.2, -0.15) is 0 Å². The second kappa shape index (κ2) is 6.36. The molecule has 82 valence electrons. The molecule has 15 heavy (non-hydrogen) atoms. The molecule has 1 rings (SSSR count). The summed E-state index contributed by atoms with van der Waals surface area (Å²) < 4.78 is 0. The molecule has 0 saturated heterocycles. The smallest absolute Gasteiger partial charge is 0.150 e. The molecular formula is C13H19NO. The molecule has 0 amide bonds. The van der Waals surface area contributed by atoms with Crippen LogP contribution in [0.1, 0.15) is 29.3 Å². The molecule has 0 radical (unpaired) electrons. The van der Waals surface area contributed by atoms with Gasteiger partial charge in [0.05, 0.1) is 0 Å². The molecule has 0 aliphatic heterocycles. The number of benzene rings is 1. The lowest BCUT2D eigenvalue weighted by molar-refractivity contribution is 0.112. The van der Waals surface area contributed by atoms with Crippen LogP contribution in [0.2, 0.25) is 0 Å². The largest absolute Gasteiger partial charge is 0.307 e. The number of carbonyl (C=O) groups is 1. The first-order valence-corrected chi connectivity index (χ1v) is 5.49. The van der Waals surface area contributed by atoms with E-state index in [9.17, 15) is 4.79 Å².